The summed E-state index contributed by atoms with van der Waals surface area (Å²) in [5, 5.41) is 7.33. The highest BCUT2D eigenvalue weighted by Gasteiger charge is 2.19. The summed E-state index contributed by atoms with van der Waals surface area (Å²) >= 11 is 0. The molecule has 8 nitrogen and oxygen atoms in total. The minimum atomic E-state index is -0.346. The van der Waals surface area contributed by atoms with E-state index in [0.717, 1.165) is 54.0 Å². The first-order chi connectivity index (χ1) is 13.6. The monoisotopic (exact) mass is 377 g/mol. The van der Waals surface area contributed by atoms with Crippen LogP contribution in [0.1, 0.15) is 21.6 Å². The number of amides is 1. The molecule has 28 heavy (non-hydrogen) atoms. The molecule has 1 aliphatic heterocycles. The van der Waals surface area contributed by atoms with E-state index in [9.17, 15) is 4.79 Å². The number of pyridine rings is 1. The minimum Gasteiger partial charge on any atom is -0.382 e. The van der Waals surface area contributed by atoms with Crippen molar-refractivity contribution in [1.29, 1.82) is 0 Å². The van der Waals surface area contributed by atoms with Gasteiger partial charge in [0.1, 0.15) is 5.82 Å². The third kappa shape index (κ3) is 3.59. The summed E-state index contributed by atoms with van der Waals surface area (Å²) in [4.78, 5) is 27.7. The number of carbonyl (C=O) groups excluding carboxylic acids is 1. The first-order valence-corrected chi connectivity index (χ1v) is 9.33. The molecular formula is C20H23N7O. The molecule has 2 aromatic heterocycles. The maximum Gasteiger partial charge on any atom is 0.273 e. The number of carbonyl (C=O) groups is 1. The van der Waals surface area contributed by atoms with Gasteiger partial charge in [-0.3, -0.25) is 4.79 Å². The number of rotatable bonds is 4. The fraction of sp³-hybridized carbons (Fsp3) is 0.300. The molecule has 1 aromatic carbocycles. The summed E-state index contributed by atoms with van der Waals surface area (Å²) in [5.74, 6) is 0.687. The summed E-state index contributed by atoms with van der Waals surface area (Å²) in [7, 11) is 0. The summed E-state index contributed by atoms with van der Waals surface area (Å²) in [6.45, 7) is 5.98. The lowest BCUT2D eigenvalue weighted by Crippen LogP contribution is -2.44. The van der Waals surface area contributed by atoms with Gasteiger partial charge in [0.15, 0.2) is 11.5 Å². The van der Waals surface area contributed by atoms with Gasteiger partial charge in [-0.2, -0.15) is 0 Å². The lowest BCUT2D eigenvalue weighted by molar-refractivity contribution is 0.0946. The van der Waals surface area contributed by atoms with E-state index in [-0.39, 0.29) is 17.4 Å². The Hall–Kier alpha value is -3.26. The minimum absolute atomic E-state index is 0.120. The van der Waals surface area contributed by atoms with Gasteiger partial charge in [-0.1, -0.05) is 18.2 Å². The van der Waals surface area contributed by atoms with E-state index >= 15 is 0 Å². The van der Waals surface area contributed by atoms with Gasteiger partial charge in [0.25, 0.3) is 5.91 Å². The summed E-state index contributed by atoms with van der Waals surface area (Å²) in [6, 6.07) is 8.23. The predicted molar refractivity (Wildman–Crippen MR) is 109 cm³/mol. The maximum atomic E-state index is 12.5. The van der Waals surface area contributed by atoms with E-state index in [2.05, 4.69) is 44.6 Å². The highest BCUT2D eigenvalue weighted by molar-refractivity contribution is 5.96. The van der Waals surface area contributed by atoms with Crippen molar-refractivity contribution in [2.75, 3.05) is 36.8 Å². The molecular weight excluding hydrogens is 354 g/mol. The Bertz CT molecular complexity index is 1010. The van der Waals surface area contributed by atoms with Gasteiger partial charge in [0.05, 0.1) is 5.52 Å². The van der Waals surface area contributed by atoms with Crippen LogP contribution in [0.4, 0.5) is 11.6 Å². The number of hydrogen-bond donors (Lipinski definition) is 3. The molecule has 1 fully saturated rings. The Morgan fingerprint density at radius 2 is 2.04 bits per heavy atom. The van der Waals surface area contributed by atoms with Crippen molar-refractivity contribution in [3.8, 4) is 0 Å². The van der Waals surface area contributed by atoms with Crippen LogP contribution in [0.2, 0.25) is 0 Å². The number of nitrogens with one attached hydrogen (secondary N) is 2. The van der Waals surface area contributed by atoms with Crippen molar-refractivity contribution in [3.63, 3.8) is 0 Å². The van der Waals surface area contributed by atoms with Crippen molar-refractivity contribution in [3.05, 3.63) is 53.5 Å². The number of piperazine rings is 1. The lowest BCUT2D eigenvalue weighted by atomic mass is 10.1. The summed E-state index contributed by atoms with van der Waals surface area (Å²) < 4.78 is 0. The molecule has 1 aliphatic rings. The molecule has 4 rings (SSSR count). The number of nitrogen functional groups attached to an aromatic ring is 1. The van der Waals surface area contributed by atoms with E-state index in [4.69, 9.17) is 10.7 Å². The first kappa shape index (κ1) is 18.1. The second-order valence-corrected chi connectivity index (χ2v) is 6.83. The number of aromatic nitrogens is 3. The Labute approximate surface area is 163 Å². The number of aryl methyl sites for hydroxylation is 1. The molecule has 0 radical (unpaired) electrons. The van der Waals surface area contributed by atoms with E-state index in [1.165, 1.54) is 12.4 Å². The van der Waals surface area contributed by atoms with Crippen LogP contribution in [0.25, 0.3) is 10.9 Å². The first-order valence-electron chi connectivity index (χ1n) is 9.33. The number of hydrogen-bond acceptors (Lipinski definition) is 7. The van der Waals surface area contributed by atoms with Crippen molar-refractivity contribution in [2.24, 2.45) is 0 Å². The highest BCUT2D eigenvalue weighted by atomic mass is 16.1. The van der Waals surface area contributed by atoms with E-state index < -0.39 is 0 Å². The number of anilines is 2. The zero-order valence-electron chi connectivity index (χ0n) is 15.8. The summed E-state index contributed by atoms with van der Waals surface area (Å²) in [6.07, 6.45) is 2.92. The van der Waals surface area contributed by atoms with Gasteiger partial charge in [0.2, 0.25) is 0 Å². The molecule has 1 saturated heterocycles. The Kier molecular flexibility index (Phi) is 5.03. The molecule has 0 atom stereocenters. The van der Waals surface area contributed by atoms with Crippen LogP contribution in [-0.2, 0) is 6.54 Å². The normalized spacial score (nSPS) is 14.2. The molecule has 3 aromatic rings. The number of nitrogens with two attached hydrogens (primary N) is 1. The Balaban J connectivity index is 1.66. The van der Waals surface area contributed by atoms with E-state index in [1.54, 1.807) is 0 Å². The Morgan fingerprint density at radius 3 is 2.82 bits per heavy atom. The molecule has 8 heteroatoms. The van der Waals surface area contributed by atoms with Crippen molar-refractivity contribution >= 4 is 28.4 Å². The molecule has 3 heterocycles. The number of fused-ring (bicyclic) bond motifs is 1. The Morgan fingerprint density at radius 1 is 1.25 bits per heavy atom. The van der Waals surface area contributed by atoms with Gasteiger partial charge in [-0.25, -0.2) is 15.0 Å². The number of benzene rings is 1. The molecule has 0 bridgehead atoms. The summed E-state index contributed by atoms with van der Waals surface area (Å²) in [5.41, 5.74) is 9.00. The molecule has 0 unspecified atom stereocenters. The van der Waals surface area contributed by atoms with Crippen LogP contribution in [0.5, 0.6) is 0 Å². The highest BCUT2D eigenvalue weighted by Crippen LogP contribution is 2.26. The standard InChI is InChI=1S/C20H23N7O/c1-13-3-2-4-14-11-15(12-25-20(28)17-18(21)24-6-5-23-17)19(26-16(13)14)27-9-7-22-8-10-27/h2-6,11,22H,7-10,12H2,1H3,(H2,21,24)(H,25,28). The molecule has 4 N–H and O–H groups in total. The largest absolute Gasteiger partial charge is 0.382 e. The fourth-order valence-corrected chi connectivity index (χ4v) is 3.44. The maximum absolute atomic E-state index is 12.5. The van der Waals surface area contributed by atoms with Gasteiger partial charge < -0.3 is 21.3 Å². The molecule has 144 valence electrons. The number of para-hydroxylation sites is 1. The zero-order chi connectivity index (χ0) is 19.5. The molecule has 0 saturated carbocycles. The smallest absolute Gasteiger partial charge is 0.273 e. The number of nitrogens with zero attached hydrogens (tertiary/aromatic N) is 4. The van der Waals surface area contributed by atoms with Crippen LogP contribution in [0, 0.1) is 6.92 Å². The zero-order valence-corrected chi connectivity index (χ0v) is 15.8. The average molecular weight is 377 g/mol. The van der Waals surface area contributed by atoms with Crippen LogP contribution >= 0.6 is 0 Å². The second kappa shape index (κ2) is 7.77. The van der Waals surface area contributed by atoms with Gasteiger partial charge >= 0.3 is 0 Å². The molecule has 0 spiro atoms. The fourth-order valence-electron chi connectivity index (χ4n) is 3.44. The van der Waals surface area contributed by atoms with Gasteiger partial charge in [-0.15, -0.1) is 0 Å². The van der Waals surface area contributed by atoms with Crippen LogP contribution in [-0.4, -0.2) is 47.0 Å². The van der Waals surface area contributed by atoms with Crippen LogP contribution in [0.3, 0.4) is 0 Å². The topological polar surface area (TPSA) is 109 Å². The second-order valence-electron chi connectivity index (χ2n) is 6.83. The van der Waals surface area contributed by atoms with Crippen molar-refractivity contribution in [1.82, 2.24) is 25.6 Å². The van der Waals surface area contributed by atoms with Gasteiger partial charge in [-0.05, 0) is 18.6 Å². The predicted octanol–water partition coefficient (Wildman–Crippen LogP) is 1.26. The average Bonchev–Trinajstić information content (AvgIpc) is 2.73. The molecule has 0 aliphatic carbocycles. The third-order valence-electron chi connectivity index (χ3n) is 4.90. The van der Waals surface area contributed by atoms with Crippen molar-refractivity contribution in [2.45, 2.75) is 13.5 Å². The van der Waals surface area contributed by atoms with Crippen molar-refractivity contribution < 1.29 is 4.79 Å². The third-order valence-corrected chi connectivity index (χ3v) is 4.90. The van der Waals surface area contributed by atoms with Crippen LogP contribution < -0.4 is 21.3 Å². The SMILES string of the molecule is Cc1cccc2cc(CNC(=O)c3nccnc3N)c(N3CCNCC3)nc12. The lowest BCUT2D eigenvalue weighted by Gasteiger charge is -2.30. The van der Waals surface area contributed by atoms with E-state index in [1.807, 2.05) is 12.1 Å². The van der Waals surface area contributed by atoms with Crippen LogP contribution in [0.15, 0.2) is 36.7 Å². The quantitative estimate of drug-likeness (QED) is 0.628. The van der Waals surface area contributed by atoms with E-state index in [0.29, 0.717) is 6.54 Å². The van der Waals surface area contributed by atoms with Gasteiger partial charge in [0, 0.05) is 56.1 Å². The molecule has 1 amide bonds.